The molecule has 7 nitrogen and oxygen atoms in total. The topological polar surface area (TPSA) is 124 Å². The van der Waals surface area contributed by atoms with E-state index in [-0.39, 0.29) is 47.4 Å². The summed E-state index contributed by atoms with van der Waals surface area (Å²) in [6.45, 7) is 10.6. The van der Waals surface area contributed by atoms with Crippen LogP contribution in [-0.2, 0) is 14.3 Å². The Bertz CT molecular complexity index is 932. The Morgan fingerprint density at radius 1 is 1.11 bits per heavy atom. The average molecular weight is 507 g/mol. The lowest BCUT2D eigenvalue weighted by Gasteiger charge is -2.60. The van der Waals surface area contributed by atoms with Crippen molar-refractivity contribution in [3.05, 3.63) is 11.6 Å². The predicted octanol–water partition coefficient (Wildman–Crippen LogP) is 3.45. The molecule has 0 radical (unpaired) electrons. The first kappa shape index (κ1) is 27.7. The molecule has 0 amide bonds. The summed E-state index contributed by atoms with van der Waals surface area (Å²) in [6.07, 6.45) is 5.48. The van der Waals surface area contributed by atoms with Crippen molar-refractivity contribution in [2.45, 2.75) is 128 Å². The third kappa shape index (κ3) is 4.28. The van der Waals surface area contributed by atoms with Crippen LogP contribution in [0.4, 0.5) is 0 Å². The van der Waals surface area contributed by atoms with Crippen LogP contribution in [0.15, 0.2) is 11.6 Å². The van der Waals surface area contributed by atoms with Gasteiger partial charge in [0.25, 0.3) is 0 Å². The minimum atomic E-state index is -1.44. The molecule has 2 unspecified atom stereocenters. The predicted molar refractivity (Wildman–Crippen MR) is 135 cm³/mol. The van der Waals surface area contributed by atoms with Crippen molar-refractivity contribution < 1.29 is 34.8 Å². The average Bonchev–Trinajstić information content (AvgIpc) is 3.04. The number of carbonyl (C=O) groups excluding carboxylic acids is 2. The number of hydrogen-bond donors (Lipinski definition) is 4. The maximum atomic E-state index is 13.5. The van der Waals surface area contributed by atoms with Gasteiger partial charge in [-0.05, 0) is 107 Å². The van der Waals surface area contributed by atoms with Crippen LogP contribution in [0.3, 0.4) is 0 Å². The van der Waals surface area contributed by atoms with Crippen molar-refractivity contribution >= 4 is 11.8 Å². The van der Waals surface area contributed by atoms with Gasteiger partial charge in [-0.15, -0.1) is 0 Å². The molecule has 0 saturated heterocycles. The molecule has 4 rings (SSSR count). The lowest BCUT2D eigenvalue weighted by atomic mass is 9.46. The molecule has 0 aromatic carbocycles. The van der Waals surface area contributed by atoms with Gasteiger partial charge in [0, 0.05) is 18.3 Å². The van der Waals surface area contributed by atoms with E-state index in [0.29, 0.717) is 38.5 Å². The van der Waals surface area contributed by atoms with Crippen LogP contribution in [0.5, 0.6) is 0 Å². The number of allylic oxidation sites excluding steroid dienone is 1. The van der Waals surface area contributed by atoms with Crippen LogP contribution in [-0.4, -0.2) is 61.2 Å². The van der Waals surface area contributed by atoms with Gasteiger partial charge in [-0.25, -0.2) is 0 Å². The molecule has 4 aliphatic rings. The summed E-state index contributed by atoms with van der Waals surface area (Å²) in [5.74, 6) is -0.853. The molecular weight excluding hydrogens is 460 g/mol. The highest BCUT2D eigenvalue weighted by atomic mass is 16.5. The second-order valence-corrected chi connectivity index (χ2v) is 13.6. The van der Waals surface area contributed by atoms with E-state index < -0.39 is 28.3 Å². The number of aliphatic hydroxyl groups excluding tert-OH is 1. The van der Waals surface area contributed by atoms with E-state index in [2.05, 4.69) is 6.92 Å². The molecule has 3 saturated carbocycles. The highest BCUT2D eigenvalue weighted by Gasteiger charge is 2.68. The van der Waals surface area contributed by atoms with E-state index in [1.807, 2.05) is 6.92 Å². The van der Waals surface area contributed by atoms with Gasteiger partial charge in [-0.2, -0.15) is 0 Å². The minimum absolute atomic E-state index is 0.00120. The zero-order chi connectivity index (χ0) is 26.9. The van der Waals surface area contributed by atoms with Crippen LogP contribution in [0.1, 0.15) is 99.3 Å². The van der Waals surface area contributed by atoms with Crippen molar-refractivity contribution in [2.24, 2.45) is 28.6 Å². The smallest absolute Gasteiger partial charge is 0.302 e. The number of esters is 1. The van der Waals surface area contributed by atoms with Gasteiger partial charge in [0.05, 0.1) is 22.9 Å². The first-order valence-electron chi connectivity index (χ1n) is 13.7. The first-order valence-corrected chi connectivity index (χ1v) is 13.7. The molecule has 36 heavy (non-hydrogen) atoms. The molecule has 0 aromatic heterocycles. The fourth-order valence-corrected chi connectivity index (χ4v) is 8.60. The van der Waals surface area contributed by atoms with Gasteiger partial charge in [0.1, 0.15) is 6.10 Å². The molecule has 0 aromatic rings. The number of fused-ring (bicyclic) bond motifs is 5. The molecule has 204 valence electrons. The zero-order valence-corrected chi connectivity index (χ0v) is 22.8. The molecule has 7 heteroatoms. The minimum Gasteiger partial charge on any atom is -0.463 e. The monoisotopic (exact) mass is 506 g/mol. The van der Waals surface area contributed by atoms with Crippen molar-refractivity contribution in [3.63, 3.8) is 0 Å². The number of ether oxygens (including phenoxy) is 1. The maximum absolute atomic E-state index is 13.5. The molecule has 0 spiro atoms. The van der Waals surface area contributed by atoms with Crippen LogP contribution in [0, 0.1) is 28.6 Å². The van der Waals surface area contributed by atoms with Crippen molar-refractivity contribution in [2.75, 3.05) is 0 Å². The Labute approximate surface area is 215 Å². The summed E-state index contributed by atoms with van der Waals surface area (Å²) >= 11 is 0. The van der Waals surface area contributed by atoms with E-state index in [1.165, 1.54) is 6.92 Å². The standard InChI is InChI=1S/C29H46O7/c1-17(30)36-18-7-12-26(4)19-8-13-27(5)23(28(6,34)24(32)10-11-25(2,3)33)9-14-29(27,35)20(19)16-22(31)21(26)15-18/h16,18-19,21,23-24,32-35H,7-15H2,1-6H3/t18-,19?,21?,23-,24+,26+,27+,28-,29+/m0/s1. The van der Waals surface area contributed by atoms with Gasteiger partial charge in [0.2, 0.25) is 0 Å². The van der Waals surface area contributed by atoms with E-state index in [9.17, 15) is 30.0 Å². The van der Waals surface area contributed by atoms with Crippen LogP contribution < -0.4 is 0 Å². The quantitative estimate of drug-likeness (QED) is 0.407. The highest BCUT2D eigenvalue weighted by Crippen LogP contribution is 2.68. The fraction of sp³-hybridized carbons (Fsp3) is 0.862. The van der Waals surface area contributed by atoms with Crippen molar-refractivity contribution in [1.82, 2.24) is 0 Å². The molecule has 4 aliphatic carbocycles. The normalized spacial score (nSPS) is 42.9. The van der Waals surface area contributed by atoms with Gasteiger partial charge < -0.3 is 25.2 Å². The number of ketones is 1. The summed E-state index contributed by atoms with van der Waals surface area (Å²) in [7, 11) is 0. The Balaban J connectivity index is 1.62. The lowest BCUT2D eigenvalue weighted by Crippen LogP contribution is -2.62. The highest BCUT2D eigenvalue weighted by molar-refractivity contribution is 5.95. The number of carbonyl (C=O) groups is 2. The van der Waals surface area contributed by atoms with Crippen LogP contribution >= 0.6 is 0 Å². The van der Waals surface area contributed by atoms with Crippen LogP contribution in [0.25, 0.3) is 0 Å². The van der Waals surface area contributed by atoms with E-state index in [0.717, 1.165) is 18.4 Å². The number of hydrogen-bond acceptors (Lipinski definition) is 7. The Kier molecular flexibility index (Phi) is 6.85. The number of rotatable bonds is 6. The second-order valence-electron chi connectivity index (χ2n) is 13.6. The largest absolute Gasteiger partial charge is 0.463 e. The zero-order valence-electron chi connectivity index (χ0n) is 22.8. The lowest BCUT2D eigenvalue weighted by molar-refractivity contribution is -0.174. The Morgan fingerprint density at radius 3 is 2.39 bits per heavy atom. The fourth-order valence-electron chi connectivity index (χ4n) is 8.60. The molecule has 0 bridgehead atoms. The van der Waals surface area contributed by atoms with Gasteiger partial charge in [-0.1, -0.05) is 13.8 Å². The number of aliphatic hydroxyl groups is 4. The molecule has 0 heterocycles. The first-order chi connectivity index (χ1) is 16.5. The van der Waals surface area contributed by atoms with E-state index in [1.54, 1.807) is 26.8 Å². The van der Waals surface area contributed by atoms with Crippen molar-refractivity contribution in [3.8, 4) is 0 Å². The molecule has 9 atom stereocenters. The SMILES string of the molecule is CC(=O)O[C@H]1CC[C@@]2(C)C(C1)C(=O)C=C1C2CC[C@]2(C)[C@@H]([C@](C)(O)[C@H](O)CCC(C)(C)O)CC[C@@]12O. The summed E-state index contributed by atoms with van der Waals surface area (Å²) in [4.78, 5) is 25.0. The molecule has 4 N–H and O–H groups in total. The molecular formula is C29H46O7. The summed E-state index contributed by atoms with van der Waals surface area (Å²) in [5, 5.41) is 45.0. The summed E-state index contributed by atoms with van der Waals surface area (Å²) < 4.78 is 5.46. The third-order valence-corrected chi connectivity index (χ3v) is 10.8. The van der Waals surface area contributed by atoms with Gasteiger partial charge >= 0.3 is 5.97 Å². The van der Waals surface area contributed by atoms with Crippen molar-refractivity contribution in [1.29, 1.82) is 0 Å². The third-order valence-electron chi connectivity index (χ3n) is 10.8. The van der Waals surface area contributed by atoms with E-state index in [4.69, 9.17) is 4.74 Å². The Morgan fingerprint density at radius 2 is 1.78 bits per heavy atom. The second kappa shape index (κ2) is 8.89. The maximum Gasteiger partial charge on any atom is 0.302 e. The molecule has 0 aliphatic heterocycles. The van der Waals surface area contributed by atoms with Gasteiger partial charge in [-0.3, -0.25) is 9.59 Å². The molecule has 3 fully saturated rings. The summed E-state index contributed by atoms with van der Waals surface area (Å²) in [6, 6.07) is 0. The summed E-state index contributed by atoms with van der Waals surface area (Å²) in [5.41, 5.74) is -3.80. The van der Waals surface area contributed by atoms with Crippen LogP contribution in [0.2, 0.25) is 0 Å². The van der Waals surface area contributed by atoms with Gasteiger partial charge in [0.15, 0.2) is 5.78 Å². The van der Waals surface area contributed by atoms with E-state index >= 15 is 0 Å². The Hall–Kier alpha value is -1.28.